The molecule has 114 valence electrons. The average Bonchev–Trinajstić information content (AvgIpc) is 2.41. The Morgan fingerprint density at radius 3 is 2.60 bits per heavy atom. The maximum Gasteiger partial charge on any atom is 0.0412 e. The second kappa shape index (κ2) is 8.96. The quantitative estimate of drug-likeness (QED) is 0.734. The first-order valence-corrected chi connectivity index (χ1v) is 9.38. The first-order chi connectivity index (χ1) is 9.45. The number of nitrogens with zero attached hydrogens (tertiary/aromatic N) is 1. The fraction of sp³-hybridized carbons (Fsp3) is 0.625. The second-order valence-corrected chi connectivity index (χ2v) is 7.45. The highest BCUT2D eigenvalue weighted by atomic mass is 79.9. The molecular weight excluding hydrogens is 332 g/mol. The Morgan fingerprint density at radius 1 is 1.30 bits per heavy atom. The van der Waals surface area contributed by atoms with Crippen LogP contribution >= 0.6 is 27.7 Å². The third-order valence-corrected chi connectivity index (χ3v) is 4.66. The lowest BCUT2D eigenvalue weighted by atomic mass is 10.1. The molecule has 0 aliphatic rings. The van der Waals surface area contributed by atoms with Gasteiger partial charge in [0.1, 0.15) is 0 Å². The van der Waals surface area contributed by atoms with Crippen molar-refractivity contribution in [2.75, 3.05) is 24.0 Å². The molecule has 0 aliphatic carbocycles. The van der Waals surface area contributed by atoms with Gasteiger partial charge in [-0.25, -0.2) is 0 Å². The summed E-state index contributed by atoms with van der Waals surface area (Å²) in [5.74, 6) is 1.21. The molecule has 1 rings (SSSR count). The first-order valence-electron chi connectivity index (χ1n) is 7.19. The lowest BCUT2D eigenvalue weighted by Gasteiger charge is -2.29. The number of thioether (sulfide) groups is 1. The summed E-state index contributed by atoms with van der Waals surface area (Å²) < 4.78 is 1.15. The van der Waals surface area contributed by atoms with Gasteiger partial charge in [0.15, 0.2) is 0 Å². The van der Waals surface area contributed by atoms with Gasteiger partial charge in [0, 0.05) is 35.8 Å². The molecular formula is C16H27BrN2S. The summed E-state index contributed by atoms with van der Waals surface area (Å²) in [6, 6.07) is 7.63. The zero-order valence-electron chi connectivity index (χ0n) is 13.2. The first kappa shape index (κ1) is 17.9. The predicted molar refractivity (Wildman–Crippen MR) is 97.0 cm³/mol. The van der Waals surface area contributed by atoms with E-state index in [-0.39, 0.29) is 0 Å². The lowest BCUT2D eigenvalue weighted by molar-refractivity contribution is 0.585. The largest absolute Gasteiger partial charge is 0.372 e. The Morgan fingerprint density at radius 2 is 2.00 bits per heavy atom. The fourth-order valence-corrected chi connectivity index (χ4v) is 3.06. The van der Waals surface area contributed by atoms with E-state index in [0.717, 1.165) is 11.0 Å². The van der Waals surface area contributed by atoms with Crippen LogP contribution in [0.5, 0.6) is 0 Å². The number of anilines is 1. The Bertz CT molecular complexity index is 409. The van der Waals surface area contributed by atoms with Crippen LogP contribution in [0, 0.1) is 0 Å². The molecule has 0 aliphatic heterocycles. The Labute approximate surface area is 136 Å². The van der Waals surface area contributed by atoms with Gasteiger partial charge < -0.3 is 10.2 Å². The standard InChI is InChI=1S/C16H27BrN2S/c1-12(2)18-11-14-10-15(17)6-7-16(14)19(4)13(3)8-9-20-5/h6-7,10,12-13,18H,8-9,11H2,1-5H3. The Kier molecular flexibility index (Phi) is 8.00. The van der Waals surface area contributed by atoms with Crippen molar-refractivity contribution >= 4 is 33.4 Å². The molecule has 20 heavy (non-hydrogen) atoms. The minimum Gasteiger partial charge on any atom is -0.372 e. The van der Waals surface area contributed by atoms with E-state index >= 15 is 0 Å². The molecule has 0 amide bonds. The third kappa shape index (κ3) is 5.66. The van der Waals surface area contributed by atoms with Gasteiger partial charge in [0.2, 0.25) is 0 Å². The van der Waals surface area contributed by atoms with Crippen molar-refractivity contribution in [3.8, 4) is 0 Å². The molecule has 0 radical (unpaired) electrons. The molecule has 4 heteroatoms. The minimum absolute atomic E-state index is 0.501. The summed E-state index contributed by atoms with van der Waals surface area (Å²) in [6.45, 7) is 7.58. The number of rotatable bonds is 8. The van der Waals surface area contributed by atoms with Crippen molar-refractivity contribution in [1.29, 1.82) is 0 Å². The summed E-state index contributed by atoms with van der Waals surface area (Å²) in [7, 11) is 2.20. The van der Waals surface area contributed by atoms with Gasteiger partial charge in [0.05, 0.1) is 0 Å². The topological polar surface area (TPSA) is 15.3 Å². The molecule has 1 atom stereocenters. The van der Waals surface area contributed by atoms with Crippen LogP contribution in [0.4, 0.5) is 5.69 Å². The maximum absolute atomic E-state index is 3.58. The summed E-state index contributed by atoms with van der Waals surface area (Å²) in [5.41, 5.74) is 2.68. The number of benzene rings is 1. The van der Waals surface area contributed by atoms with Gasteiger partial charge in [-0.1, -0.05) is 29.8 Å². The fourth-order valence-electron chi connectivity index (χ4n) is 2.07. The second-order valence-electron chi connectivity index (χ2n) is 5.55. The number of hydrogen-bond donors (Lipinski definition) is 1. The molecule has 1 aromatic carbocycles. The molecule has 2 nitrogen and oxygen atoms in total. The smallest absolute Gasteiger partial charge is 0.0412 e. The normalized spacial score (nSPS) is 12.8. The zero-order chi connectivity index (χ0) is 15.1. The van der Waals surface area contributed by atoms with Crippen molar-refractivity contribution < 1.29 is 0 Å². The predicted octanol–water partition coefficient (Wildman–Crippen LogP) is 4.52. The van der Waals surface area contributed by atoms with Gasteiger partial charge in [-0.15, -0.1) is 0 Å². The van der Waals surface area contributed by atoms with Gasteiger partial charge >= 0.3 is 0 Å². The van der Waals surface area contributed by atoms with Crippen LogP contribution in [0.3, 0.4) is 0 Å². The lowest BCUT2D eigenvalue weighted by Crippen LogP contribution is -2.31. The molecule has 1 N–H and O–H groups in total. The monoisotopic (exact) mass is 358 g/mol. The Hall–Kier alpha value is -0.190. The summed E-state index contributed by atoms with van der Waals surface area (Å²) in [6.07, 6.45) is 3.38. The van der Waals surface area contributed by atoms with Crippen LogP contribution in [0.2, 0.25) is 0 Å². The van der Waals surface area contributed by atoms with E-state index in [2.05, 4.69) is 78.4 Å². The van der Waals surface area contributed by atoms with Gasteiger partial charge in [-0.3, -0.25) is 0 Å². The molecule has 0 fully saturated rings. The van der Waals surface area contributed by atoms with Crippen molar-refractivity contribution in [2.24, 2.45) is 0 Å². The number of halogens is 1. The maximum atomic E-state index is 3.58. The van der Waals surface area contributed by atoms with Crippen molar-refractivity contribution in [1.82, 2.24) is 5.32 Å². The van der Waals surface area contributed by atoms with E-state index < -0.39 is 0 Å². The van der Waals surface area contributed by atoms with Crippen LogP contribution < -0.4 is 10.2 Å². The van der Waals surface area contributed by atoms with Crippen LogP contribution in [-0.4, -0.2) is 31.1 Å². The molecule has 1 aromatic rings. The highest BCUT2D eigenvalue weighted by molar-refractivity contribution is 9.10. The minimum atomic E-state index is 0.501. The van der Waals surface area contributed by atoms with Crippen LogP contribution in [-0.2, 0) is 6.54 Å². The highest BCUT2D eigenvalue weighted by Gasteiger charge is 2.14. The van der Waals surface area contributed by atoms with Crippen LogP contribution in [0.1, 0.15) is 32.8 Å². The molecule has 0 aromatic heterocycles. The summed E-state index contributed by atoms with van der Waals surface area (Å²) in [4.78, 5) is 2.40. The van der Waals surface area contributed by atoms with Gasteiger partial charge in [-0.2, -0.15) is 11.8 Å². The number of nitrogens with one attached hydrogen (secondary N) is 1. The molecule has 0 bridgehead atoms. The third-order valence-electron chi connectivity index (χ3n) is 3.52. The van der Waals surface area contributed by atoms with Crippen LogP contribution in [0.25, 0.3) is 0 Å². The van der Waals surface area contributed by atoms with E-state index in [1.807, 2.05) is 11.8 Å². The molecule has 1 unspecified atom stereocenters. The SMILES string of the molecule is CSCCC(C)N(C)c1ccc(Br)cc1CNC(C)C. The van der Waals surface area contributed by atoms with E-state index in [1.165, 1.54) is 23.4 Å². The van der Waals surface area contributed by atoms with Crippen molar-refractivity contribution in [3.63, 3.8) is 0 Å². The van der Waals surface area contributed by atoms with E-state index in [4.69, 9.17) is 0 Å². The van der Waals surface area contributed by atoms with Gasteiger partial charge in [-0.05, 0) is 49.1 Å². The summed E-state index contributed by atoms with van der Waals surface area (Å²) >= 11 is 5.50. The molecule has 0 saturated heterocycles. The van der Waals surface area contributed by atoms with E-state index in [0.29, 0.717) is 12.1 Å². The van der Waals surface area contributed by atoms with E-state index in [9.17, 15) is 0 Å². The zero-order valence-corrected chi connectivity index (χ0v) is 15.6. The van der Waals surface area contributed by atoms with Crippen molar-refractivity contribution in [3.05, 3.63) is 28.2 Å². The Balaban J connectivity index is 2.86. The van der Waals surface area contributed by atoms with Crippen molar-refractivity contribution in [2.45, 2.75) is 45.8 Å². The molecule has 0 saturated carbocycles. The van der Waals surface area contributed by atoms with Crippen LogP contribution in [0.15, 0.2) is 22.7 Å². The van der Waals surface area contributed by atoms with Gasteiger partial charge in [0.25, 0.3) is 0 Å². The highest BCUT2D eigenvalue weighted by Crippen LogP contribution is 2.26. The molecule has 0 spiro atoms. The average molecular weight is 359 g/mol. The van der Waals surface area contributed by atoms with E-state index in [1.54, 1.807) is 0 Å². The number of hydrogen-bond acceptors (Lipinski definition) is 3. The summed E-state index contributed by atoms with van der Waals surface area (Å²) in [5, 5.41) is 3.51. The molecule has 0 heterocycles.